The Kier molecular flexibility index (Phi) is 8.08. The second-order valence-electron chi connectivity index (χ2n) is 9.10. The molecule has 0 spiro atoms. The first-order valence-electron chi connectivity index (χ1n) is 12.2. The van der Waals surface area contributed by atoms with Gasteiger partial charge in [0, 0.05) is 10.9 Å². The van der Waals surface area contributed by atoms with E-state index in [1.807, 2.05) is 104 Å². The molecule has 4 rings (SSSR count). The van der Waals surface area contributed by atoms with Crippen molar-refractivity contribution in [1.29, 1.82) is 0 Å². The Hall–Kier alpha value is -4.03. The minimum Gasteiger partial charge on any atom is -0.349 e. The quantitative estimate of drug-likeness (QED) is 0.345. The van der Waals surface area contributed by atoms with Crippen molar-refractivity contribution < 1.29 is 9.59 Å². The summed E-state index contributed by atoms with van der Waals surface area (Å²) in [6.07, 6.45) is 0.887. The smallest absolute Gasteiger partial charge is 0.238 e. The molecule has 0 saturated heterocycles. The molecule has 1 atom stereocenters. The van der Waals surface area contributed by atoms with Crippen LogP contribution in [-0.4, -0.2) is 42.3 Å². The van der Waals surface area contributed by atoms with Gasteiger partial charge in [-0.25, -0.2) is 4.98 Å². The zero-order valence-electron chi connectivity index (χ0n) is 21.0. The number of rotatable bonds is 9. The highest BCUT2D eigenvalue weighted by molar-refractivity contribution is 6.03. The van der Waals surface area contributed by atoms with Crippen LogP contribution in [0.15, 0.2) is 84.9 Å². The summed E-state index contributed by atoms with van der Waals surface area (Å²) >= 11 is 0. The molecule has 0 aliphatic heterocycles. The molecule has 0 radical (unpaired) electrons. The van der Waals surface area contributed by atoms with Crippen LogP contribution in [0.25, 0.3) is 22.2 Å². The molecule has 6 nitrogen and oxygen atoms in total. The van der Waals surface area contributed by atoms with Crippen LogP contribution in [0, 0.1) is 0 Å². The maximum atomic E-state index is 13.4. The number of anilines is 1. The van der Waals surface area contributed by atoms with Gasteiger partial charge in [0.25, 0.3) is 0 Å². The normalized spacial score (nSPS) is 11.9. The SMILES string of the molecule is CC[C@H](NC(=O)Cc1c(NC(=O)CN(C)C)c(-c2ccccc2)nc2ccccc12)c1ccccc1. The number of hydrogen-bond acceptors (Lipinski definition) is 4. The molecule has 1 aromatic heterocycles. The van der Waals surface area contributed by atoms with Gasteiger partial charge in [0.05, 0.1) is 35.9 Å². The number of pyridine rings is 1. The monoisotopic (exact) mass is 480 g/mol. The molecule has 0 unspecified atom stereocenters. The molecular formula is C30H32N4O2. The summed E-state index contributed by atoms with van der Waals surface area (Å²) in [4.78, 5) is 33.0. The number of carbonyl (C=O) groups is 2. The van der Waals surface area contributed by atoms with Crippen molar-refractivity contribution in [1.82, 2.24) is 15.2 Å². The lowest BCUT2D eigenvalue weighted by Gasteiger charge is -2.21. The molecule has 2 N–H and O–H groups in total. The van der Waals surface area contributed by atoms with Gasteiger partial charge in [-0.15, -0.1) is 0 Å². The maximum absolute atomic E-state index is 13.4. The number of likely N-dealkylation sites (N-methyl/N-ethyl adjacent to an activating group) is 1. The molecule has 0 saturated carbocycles. The Labute approximate surface area is 212 Å². The first-order valence-corrected chi connectivity index (χ1v) is 12.2. The van der Waals surface area contributed by atoms with Crippen molar-refractivity contribution in [2.75, 3.05) is 26.0 Å². The van der Waals surface area contributed by atoms with Crippen LogP contribution in [0.2, 0.25) is 0 Å². The molecule has 6 heteroatoms. The lowest BCUT2D eigenvalue weighted by Crippen LogP contribution is -2.31. The van der Waals surface area contributed by atoms with E-state index in [2.05, 4.69) is 17.6 Å². The Morgan fingerprint density at radius 2 is 1.50 bits per heavy atom. The number of aromatic nitrogens is 1. The summed E-state index contributed by atoms with van der Waals surface area (Å²) in [5, 5.41) is 7.12. The zero-order chi connectivity index (χ0) is 25.5. The summed E-state index contributed by atoms with van der Waals surface area (Å²) in [5.74, 6) is -0.268. The van der Waals surface area contributed by atoms with Crippen molar-refractivity contribution >= 4 is 28.4 Å². The first kappa shape index (κ1) is 25.1. The van der Waals surface area contributed by atoms with Crippen LogP contribution in [0.3, 0.4) is 0 Å². The Bertz CT molecular complexity index is 1340. The molecule has 184 valence electrons. The molecule has 0 aliphatic rings. The van der Waals surface area contributed by atoms with Gasteiger partial charge >= 0.3 is 0 Å². The molecule has 0 bridgehead atoms. The Balaban J connectivity index is 1.78. The van der Waals surface area contributed by atoms with Crippen LogP contribution in [0.4, 0.5) is 5.69 Å². The first-order chi connectivity index (χ1) is 17.5. The lowest BCUT2D eigenvalue weighted by atomic mass is 9.97. The highest BCUT2D eigenvalue weighted by Gasteiger charge is 2.22. The molecule has 36 heavy (non-hydrogen) atoms. The number of benzene rings is 3. The van der Waals surface area contributed by atoms with Gasteiger partial charge in [0.2, 0.25) is 11.8 Å². The number of para-hydroxylation sites is 1. The average Bonchev–Trinajstić information content (AvgIpc) is 2.89. The maximum Gasteiger partial charge on any atom is 0.238 e. The van der Waals surface area contributed by atoms with Gasteiger partial charge in [0.15, 0.2) is 0 Å². The highest BCUT2D eigenvalue weighted by atomic mass is 16.2. The molecule has 0 aliphatic carbocycles. The molecule has 4 aromatic rings. The average molecular weight is 481 g/mol. The van der Waals surface area contributed by atoms with Crippen molar-refractivity contribution in [3.8, 4) is 11.3 Å². The van der Waals surface area contributed by atoms with Gasteiger partial charge in [-0.05, 0) is 37.7 Å². The summed E-state index contributed by atoms with van der Waals surface area (Å²) < 4.78 is 0. The van der Waals surface area contributed by atoms with E-state index < -0.39 is 0 Å². The van der Waals surface area contributed by atoms with Crippen LogP contribution in [-0.2, 0) is 16.0 Å². The minimum atomic E-state index is -0.161. The van der Waals surface area contributed by atoms with Crippen molar-refractivity contribution in [3.63, 3.8) is 0 Å². The van der Waals surface area contributed by atoms with E-state index >= 15 is 0 Å². The standard InChI is InChI=1S/C30H32N4O2/c1-4-25(21-13-7-5-8-14-21)31-27(35)19-24-23-17-11-12-18-26(23)32-29(22-15-9-6-10-16-22)30(24)33-28(36)20-34(2)3/h5-18,25H,4,19-20H2,1-3H3,(H,31,35)(H,33,36)/t25-/m0/s1. The summed E-state index contributed by atoms with van der Waals surface area (Å²) in [6.45, 7) is 2.28. The third kappa shape index (κ3) is 5.96. The molecular weight excluding hydrogens is 448 g/mol. The van der Waals surface area contributed by atoms with Crippen LogP contribution in [0.1, 0.15) is 30.5 Å². The Morgan fingerprint density at radius 3 is 2.17 bits per heavy atom. The van der Waals surface area contributed by atoms with Crippen molar-refractivity contribution in [2.45, 2.75) is 25.8 Å². The number of nitrogens with one attached hydrogen (secondary N) is 2. The van der Waals surface area contributed by atoms with E-state index in [9.17, 15) is 9.59 Å². The molecule has 1 heterocycles. The minimum absolute atomic E-state index is 0.0906. The van der Waals surface area contributed by atoms with Gasteiger partial charge < -0.3 is 15.5 Å². The van der Waals surface area contributed by atoms with E-state index in [-0.39, 0.29) is 30.8 Å². The Morgan fingerprint density at radius 1 is 0.861 bits per heavy atom. The third-order valence-electron chi connectivity index (χ3n) is 6.05. The number of fused-ring (bicyclic) bond motifs is 1. The fourth-order valence-corrected chi connectivity index (χ4v) is 4.38. The van der Waals surface area contributed by atoms with E-state index in [1.54, 1.807) is 0 Å². The van der Waals surface area contributed by atoms with Gasteiger partial charge in [-0.2, -0.15) is 0 Å². The second-order valence-corrected chi connectivity index (χ2v) is 9.10. The van der Waals surface area contributed by atoms with E-state index in [1.165, 1.54) is 0 Å². The molecule has 2 amide bonds. The summed E-state index contributed by atoms with van der Waals surface area (Å²) in [5.41, 5.74) is 4.71. The van der Waals surface area contributed by atoms with Gasteiger partial charge in [0.1, 0.15) is 0 Å². The van der Waals surface area contributed by atoms with E-state index in [0.29, 0.717) is 11.4 Å². The van der Waals surface area contributed by atoms with E-state index in [4.69, 9.17) is 4.98 Å². The summed E-state index contributed by atoms with van der Waals surface area (Å²) in [7, 11) is 3.69. The van der Waals surface area contributed by atoms with Crippen molar-refractivity contribution in [3.05, 3.63) is 96.1 Å². The second kappa shape index (κ2) is 11.6. The number of nitrogens with zero attached hydrogens (tertiary/aromatic N) is 2. The van der Waals surface area contributed by atoms with Crippen molar-refractivity contribution in [2.24, 2.45) is 0 Å². The third-order valence-corrected chi connectivity index (χ3v) is 6.05. The fourth-order valence-electron chi connectivity index (χ4n) is 4.38. The van der Waals surface area contributed by atoms with Crippen LogP contribution in [0.5, 0.6) is 0 Å². The number of amides is 2. The lowest BCUT2D eigenvalue weighted by molar-refractivity contribution is -0.121. The number of carbonyl (C=O) groups excluding carboxylic acids is 2. The van der Waals surface area contributed by atoms with Gasteiger partial charge in [-0.3, -0.25) is 9.59 Å². The predicted octanol–water partition coefficient (Wildman–Crippen LogP) is 5.21. The highest BCUT2D eigenvalue weighted by Crippen LogP contribution is 2.35. The number of hydrogen-bond donors (Lipinski definition) is 2. The van der Waals surface area contributed by atoms with Crippen LogP contribution < -0.4 is 10.6 Å². The predicted molar refractivity (Wildman–Crippen MR) is 146 cm³/mol. The molecule has 3 aromatic carbocycles. The van der Waals surface area contributed by atoms with Gasteiger partial charge in [-0.1, -0.05) is 85.8 Å². The summed E-state index contributed by atoms with van der Waals surface area (Å²) in [6, 6.07) is 27.4. The van der Waals surface area contributed by atoms with Crippen LogP contribution >= 0.6 is 0 Å². The largest absolute Gasteiger partial charge is 0.349 e. The zero-order valence-corrected chi connectivity index (χ0v) is 21.0. The molecule has 0 fully saturated rings. The topological polar surface area (TPSA) is 74.3 Å². The van der Waals surface area contributed by atoms with E-state index in [0.717, 1.165) is 34.0 Å². The fraction of sp³-hybridized carbons (Fsp3) is 0.233.